The lowest BCUT2D eigenvalue weighted by atomic mass is 9.94. The molecular formula is C54H99N5O18S. The molecule has 0 aromatic carbocycles. The van der Waals surface area contributed by atoms with E-state index in [2.05, 4.69) is 21.3 Å². The number of ether oxygens (including phenoxy) is 4. The van der Waals surface area contributed by atoms with Gasteiger partial charge in [-0.2, -0.15) is 11.8 Å². The molecule has 0 rings (SSSR count). The number of Topliss-reactive ketones (excluding diaryl/α,β-unsaturated/α-hetero) is 3. The lowest BCUT2D eigenvalue weighted by Gasteiger charge is -2.15. The van der Waals surface area contributed by atoms with Gasteiger partial charge in [-0.05, 0) is 46.0 Å². The van der Waals surface area contributed by atoms with Gasteiger partial charge in [0.2, 0.25) is 23.6 Å². The highest BCUT2D eigenvalue weighted by Crippen LogP contribution is 2.18. The maximum absolute atomic E-state index is 12.4. The summed E-state index contributed by atoms with van der Waals surface area (Å²) in [6, 6.07) is -1.41. The van der Waals surface area contributed by atoms with Crippen LogP contribution in [0, 0.1) is 11.8 Å². The number of amides is 4. The monoisotopic (exact) mass is 1140 g/mol. The zero-order valence-corrected chi connectivity index (χ0v) is 47.1. The van der Waals surface area contributed by atoms with Crippen LogP contribution in [-0.4, -0.2) is 182 Å². The van der Waals surface area contributed by atoms with Crippen LogP contribution in [0.3, 0.4) is 0 Å². The Kier molecular flexibility index (Phi) is 54.1. The lowest BCUT2D eigenvalue weighted by molar-refractivity contribution is -0.145. The largest absolute Gasteiger partial charge is 0.481 e. The number of nitrogens with one attached hydrogen (secondary N) is 4. The van der Waals surface area contributed by atoms with Gasteiger partial charge in [0.25, 0.3) is 0 Å². The predicted molar refractivity (Wildman–Crippen MR) is 297 cm³/mol. The SMILES string of the molecule is C.CC(=O)[C@H](C)N.CC[C@@H](CSCC(=O)NCCNC(=O)COCCOCCNC(=O)COCCOCCCC(=O)CC[C@H](NC(=O)CCCCCCCCCCCCCCCCC(=O)O)C(=O)O)C(=O)C[C@@H](CO)C(=O)O. The third-order valence-corrected chi connectivity index (χ3v) is 12.9. The number of aliphatic carboxylic acids is 3. The second-order valence-corrected chi connectivity index (χ2v) is 19.8. The van der Waals surface area contributed by atoms with Crippen molar-refractivity contribution in [3.8, 4) is 0 Å². The van der Waals surface area contributed by atoms with E-state index >= 15 is 0 Å². The molecule has 23 nitrogen and oxygen atoms in total. The Morgan fingerprint density at radius 2 is 1.00 bits per heavy atom. The first-order valence-corrected chi connectivity index (χ1v) is 28.6. The molecule has 454 valence electrons. The minimum absolute atomic E-state index is 0. The molecule has 0 bridgehead atoms. The van der Waals surface area contributed by atoms with Crippen LogP contribution in [0.1, 0.15) is 169 Å². The highest BCUT2D eigenvalue weighted by Gasteiger charge is 2.25. The van der Waals surface area contributed by atoms with Gasteiger partial charge in [0.05, 0.1) is 57.4 Å². The van der Waals surface area contributed by atoms with Gasteiger partial charge in [-0.15, -0.1) is 0 Å². The first-order chi connectivity index (χ1) is 36.8. The van der Waals surface area contributed by atoms with Gasteiger partial charge in [0, 0.05) is 70.0 Å². The van der Waals surface area contributed by atoms with Crippen molar-refractivity contribution in [2.75, 3.05) is 90.6 Å². The van der Waals surface area contributed by atoms with Crippen molar-refractivity contribution < 1.29 is 87.3 Å². The summed E-state index contributed by atoms with van der Waals surface area (Å²) in [5.74, 6) is -5.91. The van der Waals surface area contributed by atoms with Crippen molar-refractivity contribution in [3.05, 3.63) is 0 Å². The van der Waals surface area contributed by atoms with Crippen molar-refractivity contribution in [2.45, 2.75) is 182 Å². The molecule has 0 radical (unpaired) electrons. The third-order valence-electron chi connectivity index (χ3n) is 11.8. The summed E-state index contributed by atoms with van der Waals surface area (Å²) in [5.41, 5.74) is 5.09. The van der Waals surface area contributed by atoms with Gasteiger partial charge in [-0.1, -0.05) is 91.4 Å². The molecule has 10 N–H and O–H groups in total. The van der Waals surface area contributed by atoms with Crippen LogP contribution >= 0.6 is 11.8 Å². The molecule has 0 unspecified atom stereocenters. The van der Waals surface area contributed by atoms with E-state index in [1.807, 2.05) is 0 Å². The van der Waals surface area contributed by atoms with Gasteiger partial charge in [-0.3, -0.25) is 43.2 Å². The van der Waals surface area contributed by atoms with Gasteiger partial charge in [0.15, 0.2) is 0 Å². The number of carbonyl (C=O) groups excluding carboxylic acids is 7. The summed E-state index contributed by atoms with van der Waals surface area (Å²) in [4.78, 5) is 116. The van der Waals surface area contributed by atoms with Crippen LogP contribution in [0.2, 0.25) is 0 Å². The van der Waals surface area contributed by atoms with Crippen molar-refractivity contribution in [1.82, 2.24) is 21.3 Å². The molecule has 0 heterocycles. The number of carboxylic acid groups (broad SMARTS) is 3. The van der Waals surface area contributed by atoms with E-state index in [9.17, 15) is 53.1 Å². The second-order valence-electron chi connectivity index (χ2n) is 18.8. The van der Waals surface area contributed by atoms with E-state index in [4.69, 9.17) is 40.0 Å². The number of rotatable bonds is 53. The Bertz CT molecular complexity index is 1660. The molecule has 24 heteroatoms. The average molecular weight is 1140 g/mol. The van der Waals surface area contributed by atoms with Crippen LogP contribution in [-0.2, 0) is 66.9 Å². The smallest absolute Gasteiger partial charge is 0.326 e. The summed E-state index contributed by atoms with van der Waals surface area (Å²) >= 11 is 1.25. The summed E-state index contributed by atoms with van der Waals surface area (Å²) in [5, 5.41) is 46.9. The Morgan fingerprint density at radius 3 is 1.46 bits per heavy atom. The van der Waals surface area contributed by atoms with Crippen molar-refractivity contribution in [3.63, 3.8) is 0 Å². The molecule has 0 aromatic heterocycles. The summed E-state index contributed by atoms with van der Waals surface area (Å²) in [6.45, 7) is 5.75. The van der Waals surface area contributed by atoms with Gasteiger partial charge in [-0.25, -0.2) is 4.79 Å². The number of hydrogen-bond donors (Lipinski definition) is 9. The van der Waals surface area contributed by atoms with Gasteiger partial charge < -0.3 is 66.4 Å². The highest BCUT2D eigenvalue weighted by atomic mass is 32.2. The first-order valence-electron chi connectivity index (χ1n) is 27.4. The molecule has 0 saturated heterocycles. The fourth-order valence-corrected chi connectivity index (χ4v) is 8.08. The summed E-state index contributed by atoms with van der Waals surface area (Å²) in [6.07, 6.45) is 16.4. The maximum atomic E-state index is 12.4. The van der Waals surface area contributed by atoms with Crippen LogP contribution in [0.4, 0.5) is 0 Å². The van der Waals surface area contributed by atoms with Crippen LogP contribution in [0.25, 0.3) is 0 Å². The topological polar surface area (TPSA) is 363 Å². The molecule has 0 aliphatic carbocycles. The number of nitrogens with two attached hydrogens (primary N) is 1. The number of aliphatic hydroxyl groups excluding tert-OH is 1. The van der Waals surface area contributed by atoms with Crippen molar-refractivity contribution in [1.29, 1.82) is 0 Å². The van der Waals surface area contributed by atoms with E-state index in [1.54, 1.807) is 13.8 Å². The minimum Gasteiger partial charge on any atom is -0.481 e. The molecule has 0 aliphatic rings. The quantitative estimate of drug-likeness (QED) is 0.0381. The molecule has 4 amide bonds. The van der Waals surface area contributed by atoms with Crippen molar-refractivity contribution in [2.24, 2.45) is 17.6 Å². The van der Waals surface area contributed by atoms with Gasteiger partial charge in [0.1, 0.15) is 36.6 Å². The van der Waals surface area contributed by atoms with Crippen LogP contribution in [0.5, 0.6) is 0 Å². The number of carbonyl (C=O) groups is 10. The molecule has 78 heavy (non-hydrogen) atoms. The molecule has 0 aromatic rings. The first kappa shape index (κ1) is 77.6. The standard InChI is InChI=1S/C49H86N4O17S.C4H9NO.CH4/c1-2-38(42(56)32-39(33-54)48(63)64)36-71-37-46(60)51-24-23-50-44(58)34-70-31-29-68-27-25-52-45(59)35-69-30-28-67-26-17-18-40(55)21-22-41(49(65)66)53-43(57)19-15-13-11-9-7-5-3-4-6-8-10-12-14-16-20-47(61)62;1-3(5)4(2)6;/h38-39,41,54H,2-37H2,1H3,(H,50,58)(H,51,60)(H,52,59)(H,53,57)(H,61,62)(H,63,64)(H,65,66);3H,5H2,1-2H3;1H4/t38-,39-,41-;3-;/m00./s1. The summed E-state index contributed by atoms with van der Waals surface area (Å²) in [7, 11) is 0. The molecule has 4 atom stereocenters. The number of aliphatic hydroxyl groups is 1. The van der Waals surface area contributed by atoms with E-state index in [-0.39, 0.29) is 171 Å². The molecule has 0 fully saturated rings. The van der Waals surface area contributed by atoms with Crippen molar-refractivity contribution >= 4 is 70.6 Å². The fraction of sp³-hybridized carbons (Fsp3) is 0.815. The number of unbranched alkanes of at least 4 members (excludes halogenated alkanes) is 13. The van der Waals surface area contributed by atoms with E-state index in [0.717, 1.165) is 44.9 Å². The van der Waals surface area contributed by atoms with Crippen LogP contribution in [0.15, 0.2) is 0 Å². The molecule has 0 spiro atoms. The molecule has 0 saturated carbocycles. The maximum Gasteiger partial charge on any atom is 0.326 e. The minimum atomic E-state index is -1.23. The van der Waals surface area contributed by atoms with Crippen LogP contribution < -0.4 is 27.0 Å². The predicted octanol–water partition coefficient (Wildman–Crippen LogP) is 4.40. The Hall–Kier alpha value is -4.59. The summed E-state index contributed by atoms with van der Waals surface area (Å²) < 4.78 is 21.4. The third kappa shape index (κ3) is 52.1. The number of carboxylic acids is 3. The Morgan fingerprint density at radius 1 is 0.538 bits per heavy atom. The lowest BCUT2D eigenvalue weighted by Crippen LogP contribution is -2.41. The highest BCUT2D eigenvalue weighted by molar-refractivity contribution is 7.99. The molecular weight excluding hydrogens is 1040 g/mol. The Labute approximate surface area is 467 Å². The van der Waals surface area contributed by atoms with E-state index in [1.165, 1.54) is 57.2 Å². The number of ketones is 3. The van der Waals surface area contributed by atoms with E-state index < -0.39 is 42.4 Å². The average Bonchev–Trinajstić information content (AvgIpc) is 3.38. The fourth-order valence-electron chi connectivity index (χ4n) is 6.97. The number of hydrogen-bond acceptors (Lipinski definition) is 17. The zero-order valence-electron chi connectivity index (χ0n) is 46.3. The second kappa shape index (κ2) is 54.4. The van der Waals surface area contributed by atoms with E-state index in [0.29, 0.717) is 25.0 Å². The normalized spacial score (nSPS) is 12.3. The zero-order chi connectivity index (χ0) is 57.9. The molecule has 0 aliphatic heterocycles. The Balaban J connectivity index is -0.00000755. The number of thioether (sulfide) groups is 1. The van der Waals surface area contributed by atoms with Gasteiger partial charge >= 0.3 is 17.9 Å².